The van der Waals surface area contributed by atoms with Crippen LogP contribution in [-0.2, 0) is 4.74 Å². The molecule has 0 radical (unpaired) electrons. The van der Waals surface area contributed by atoms with E-state index in [0.717, 1.165) is 37.9 Å². The number of nitrogens with two attached hydrogens (primary N) is 1. The molecule has 23 heteroatoms. The molecule has 16 nitrogen and oxygen atoms in total. The molecule has 0 saturated heterocycles. The highest BCUT2D eigenvalue weighted by Crippen LogP contribution is 2.36. The third-order valence-corrected chi connectivity index (χ3v) is 15.0. The van der Waals surface area contributed by atoms with Gasteiger partial charge in [-0.3, -0.25) is 33.9 Å². The van der Waals surface area contributed by atoms with Gasteiger partial charge in [-0.25, -0.2) is 14.8 Å². The van der Waals surface area contributed by atoms with Crippen LogP contribution in [-0.4, -0.2) is 77.3 Å². The van der Waals surface area contributed by atoms with Crippen LogP contribution in [0.5, 0.6) is 0 Å². The lowest BCUT2D eigenvalue weighted by Gasteiger charge is -2.13. The second kappa shape index (κ2) is 26.0. The fourth-order valence-electron chi connectivity index (χ4n) is 5.65. The summed E-state index contributed by atoms with van der Waals surface area (Å²) in [5, 5.41) is 29.9. The zero-order valence-corrected chi connectivity index (χ0v) is 43.5. The molecule has 2 aliphatic carbocycles. The summed E-state index contributed by atoms with van der Waals surface area (Å²) in [7, 11) is -0.143. The molecule has 69 heavy (non-hydrogen) atoms. The van der Waals surface area contributed by atoms with E-state index in [1.807, 2.05) is 24.3 Å². The van der Waals surface area contributed by atoms with Gasteiger partial charge in [0.25, 0.3) is 11.2 Å². The molecule has 2 fully saturated rings. The van der Waals surface area contributed by atoms with Crippen LogP contribution >= 0.6 is 77.9 Å². The van der Waals surface area contributed by atoms with Crippen molar-refractivity contribution in [3.8, 4) is 16.1 Å². The number of H-pyrrole nitrogens is 1. The number of carbonyl (C=O) groups excluding carboxylic acids is 3. The number of fused-ring (bicyclic) bond motifs is 1. The average molecular weight is 1140 g/mol. The van der Waals surface area contributed by atoms with E-state index in [4.69, 9.17) is 32.4 Å². The van der Waals surface area contributed by atoms with Crippen LogP contribution in [0.25, 0.3) is 27.0 Å². The molecule has 0 bridgehead atoms. The summed E-state index contributed by atoms with van der Waals surface area (Å²) in [5.41, 5.74) is 7.81. The first-order valence-electron chi connectivity index (χ1n) is 20.8. The number of alkyl halides is 1. The molecule has 0 unspecified atom stereocenters. The van der Waals surface area contributed by atoms with Crippen molar-refractivity contribution < 1.29 is 34.1 Å². The Kier molecular flexibility index (Phi) is 20.6. The number of pyridine rings is 2. The lowest BCUT2D eigenvalue weighted by Crippen LogP contribution is -2.26. The number of halogens is 3. The van der Waals surface area contributed by atoms with Crippen LogP contribution in [0.4, 0.5) is 11.4 Å². The minimum atomic E-state index is -1.46. The van der Waals surface area contributed by atoms with Crippen molar-refractivity contribution in [2.24, 2.45) is 11.8 Å². The molecule has 5 N–H and O–H groups in total. The number of esters is 1. The highest BCUT2D eigenvalue weighted by atomic mass is 79.9. The predicted octanol–water partition coefficient (Wildman–Crippen LogP) is 9.39. The van der Waals surface area contributed by atoms with Crippen molar-refractivity contribution in [2.75, 3.05) is 23.9 Å². The Bertz CT molecular complexity index is 3070. The number of thioether (sulfide) groups is 1. The molecule has 5 heterocycles. The Hall–Kier alpha value is -5.33. The highest BCUT2D eigenvalue weighted by molar-refractivity contribution is 9.10. The maximum atomic E-state index is 13.6. The first kappa shape index (κ1) is 54.6. The van der Waals surface area contributed by atoms with Gasteiger partial charge in [-0.2, -0.15) is 0 Å². The number of nitro groups is 1. The fraction of sp³-hybridized carbons (Fsp3) is 0.239. The molecule has 0 aliphatic heterocycles. The second-order valence-electron chi connectivity index (χ2n) is 15.2. The predicted molar refractivity (Wildman–Crippen MR) is 281 cm³/mol. The Morgan fingerprint density at radius 1 is 0.957 bits per heavy atom. The Morgan fingerprint density at radius 2 is 1.64 bits per heavy atom. The number of ether oxygens (including phenoxy) is 1. The van der Waals surface area contributed by atoms with Crippen LogP contribution in [0.15, 0.2) is 117 Å². The van der Waals surface area contributed by atoms with E-state index < -0.39 is 18.0 Å². The van der Waals surface area contributed by atoms with Crippen LogP contribution in [0.1, 0.15) is 69.2 Å². The van der Waals surface area contributed by atoms with E-state index in [2.05, 4.69) is 46.6 Å². The maximum Gasteiger partial charge on any atom is 0.499 e. The van der Waals surface area contributed by atoms with Crippen molar-refractivity contribution in [1.82, 2.24) is 19.5 Å². The van der Waals surface area contributed by atoms with Crippen LogP contribution in [0, 0.1) is 22.0 Å². The molecule has 7 aromatic rings. The van der Waals surface area contributed by atoms with E-state index in [1.54, 1.807) is 55.1 Å². The van der Waals surface area contributed by atoms with Crippen molar-refractivity contribution >= 4 is 130 Å². The SMILES string of the molecule is BrCC1CC1.CC(=O)c1ccc(-c2ccc3nc(SCC4CC4)n(-c4cc[nH]c(=O)c4)c(=O)c3c2)s1.CC(=O)c1ccc(B(O)O)s1.COC(=O)c1cc(Br)ccc1N.O=[N+]([O-])c1ccnc(Cl)c1. The van der Waals surface area contributed by atoms with Crippen molar-refractivity contribution in [3.05, 3.63) is 153 Å². The molecule has 0 atom stereocenters. The number of carbonyl (C=O) groups is 3. The van der Waals surface area contributed by atoms with Gasteiger partial charge in [0.15, 0.2) is 16.7 Å². The van der Waals surface area contributed by atoms with E-state index in [9.17, 15) is 34.1 Å². The van der Waals surface area contributed by atoms with Gasteiger partial charge in [0.2, 0.25) is 5.56 Å². The van der Waals surface area contributed by atoms with Gasteiger partial charge >= 0.3 is 13.1 Å². The highest BCUT2D eigenvalue weighted by Gasteiger charge is 2.24. The fourth-order valence-corrected chi connectivity index (χ4v) is 9.70. The number of thiophene rings is 2. The summed E-state index contributed by atoms with van der Waals surface area (Å²) in [6, 6.07) is 23.1. The zero-order chi connectivity index (χ0) is 50.4. The second-order valence-corrected chi connectivity index (χ2v) is 20.3. The third-order valence-electron chi connectivity index (χ3n) is 9.72. The van der Waals surface area contributed by atoms with Gasteiger partial charge < -0.3 is 25.5 Å². The minimum absolute atomic E-state index is 0.0210. The van der Waals surface area contributed by atoms with Gasteiger partial charge in [0, 0.05) is 55.4 Å². The molecule has 2 saturated carbocycles. The molecule has 2 aliphatic rings. The number of methoxy groups -OCH3 is 1. The van der Waals surface area contributed by atoms with Crippen molar-refractivity contribution in [2.45, 2.75) is 44.7 Å². The van der Waals surface area contributed by atoms with Crippen LogP contribution in [0.2, 0.25) is 5.15 Å². The molecule has 9 rings (SSSR count). The first-order valence-corrected chi connectivity index (χ1v) is 25.7. The number of aromatic nitrogens is 4. The van der Waals surface area contributed by atoms with E-state index in [-0.39, 0.29) is 33.5 Å². The summed E-state index contributed by atoms with van der Waals surface area (Å²) in [6.45, 7) is 2.99. The molecular formula is C46H44BBr2ClN6O10S3. The molecule has 360 valence electrons. The normalized spacial score (nSPS) is 12.3. The molecule has 0 amide bonds. The summed E-state index contributed by atoms with van der Waals surface area (Å²) in [6.07, 6.45) is 8.18. The minimum Gasteiger partial charge on any atom is -0.465 e. The molecular weight excluding hydrogens is 1100 g/mol. The van der Waals surface area contributed by atoms with E-state index in [1.165, 1.54) is 97.6 Å². The first-order chi connectivity index (χ1) is 32.9. The van der Waals surface area contributed by atoms with Gasteiger partial charge in [0.05, 0.1) is 50.0 Å². The summed E-state index contributed by atoms with van der Waals surface area (Å²) >= 11 is 16.0. The number of nitrogens with zero attached hydrogens (tertiary/aromatic N) is 4. The van der Waals surface area contributed by atoms with E-state index >= 15 is 0 Å². The number of rotatable bonds is 11. The van der Waals surface area contributed by atoms with Gasteiger partial charge in [-0.15, -0.1) is 22.7 Å². The Balaban J connectivity index is 0.000000191. The van der Waals surface area contributed by atoms with Gasteiger partial charge in [0.1, 0.15) is 5.15 Å². The molecule has 0 spiro atoms. The van der Waals surface area contributed by atoms with Crippen molar-refractivity contribution in [3.63, 3.8) is 0 Å². The lowest BCUT2D eigenvalue weighted by molar-refractivity contribution is -0.384. The molecule has 5 aromatic heterocycles. The Morgan fingerprint density at radius 3 is 2.16 bits per heavy atom. The number of Topliss-reactive ketones (excluding diaryl/α,β-unsaturated/α-hetero) is 2. The maximum absolute atomic E-state index is 13.6. The Labute approximate surface area is 429 Å². The number of anilines is 1. The standard InChI is InChI=1S/C23H19N3O3S2.C8H8BrNO2.C6H7BO3S.C5H3ClN2O2.C4H7Br/c1-13(27)19-6-7-20(31-19)15-4-5-18-17(10-15)22(29)26(16-8-9-24-21(28)11-16)23(25-18)30-12-14-2-3-14;1-12-8(11)6-4-5(9)2-3-7(6)10;1-4(8)5-2-3-6(11-5)7(9)10;6-5-3-4(8(9)10)1-2-7-5;5-3-4-1-2-4/h4-11,14H,2-3,12H2,1H3,(H,24,28);2-4H,10H2,1H3;2-3,9-10H,1H3;1-3H;4H,1-3H2. The van der Waals surface area contributed by atoms with E-state index in [0.29, 0.717) is 53.4 Å². The number of hydrogen-bond acceptors (Lipinski definition) is 16. The van der Waals surface area contributed by atoms with Crippen molar-refractivity contribution in [1.29, 1.82) is 0 Å². The number of nitrogens with one attached hydrogen (secondary N) is 1. The largest absolute Gasteiger partial charge is 0.499 e. The van der Waals surface area contributed by atoms with Crippen LogP contribution < -0.4 is 21.6 Å². The monoisotopic (exact) mass is 1140 g/mol. The number of aromatic amines is 1. The topological polar surface area (TPSA) is 251 Å². The number of ketones is 2. The number of nitrogen functional groups attached to an aromatic ring is 1. The van der Waals surface area contributed by atoms with Crippen LogP contribution in [0.3, 0.4) is 0 Å². The lowest BCUT2D eigenvalue weighted by atomic mass is 9.90. The summed E-state index contributed by atoms with van der Waals surface area (Å²) in [5.74, 6) is 2.17. The summed E-state index contributed by atoms with van der Waals surface area (Å²) < 4.78 is 7.27. The van der Waals surface area contributed by atoms with Gasteiger partial charge in [-0.05, 0) is 112 Å². The smallest absolute Gasteiger partial charge is 0.465 e. The zero-order valence-electron chi connectivity index (χ0n) is 37.1. The quantitative estimate of drug-likeness (QED) is 0.00900. The summed E-state index contributed by atoms with van der Waals surface area (Å²) in [4.78, 5) is 81.6. The number of hydrogen-bond donors (Lipinski definition) is 4. The number of benzene rings is 2. The average Bonchev–Trinajstić information content (AvgIpc) is 4.24. The third kappa shape index (κ3) is 16.7. The molecule has 2 aromatic carbocycles. The van der Waals surface area contributed by atoms with Gasteiger partial charge in [-0.1, -0.05) is 67.4 Å².